The predicted octanol–water partition coefficient (Wildman–Crippen LogP) is 15.0. The van der Waals surface area contributed by atoms with Crippen LogP contribution in [-0.2, 0) is 6.42 Å². The van der Waals surface area contributed by atoms with E-state index in [9.17, 15) is 0 Å². The molecule has 1 nitrogen and oxygen atoms in total. The molecular weight excluding hydrogens is 727 g/mol. The lowest BCUT2D eigenvalue weighted by Crippen LogP contribution is -2.23. The predicted molar refractivity (Wildman–Crippen MR) is 254 cm³/mol. The number of fused-ring (bicyclic) bond motifs is 11. The molecule has 11 rings (SSSR count). The first kappa shape index (κ1) is 34.4. The van der Waals surface area contributed by atoms with Gasteiger partial charge >= 0.3 is 0 Å². The van der Waals surface area contributed by atoms with Crippen molar-refractivity contribution >= 4 is 79.0 Å². The Morgan fingerprint density at radius 3 is 2.26 bits per heavy atom. The highest BCUT2D eigenvalue weighted by molar-refractivity contribution is 8.48. The highest BCUT2D eigenvalue weighted by Crippen LogP contribution is 2.81. The van der Waals surface area contributed by atoms with Crippen molar-refractivity contribution in [2.75, 3.05) is 23.7 Å². The van der Waals surface area contributed by atoms with Gasteiger partial charge in [0.25, 0.3) is 0 Å². The second-order valence-electron chi connectivity index (χ2n) is 17.2. The van der Waals surface area contributed by atoms with Gasteiger partial charge < -0.3 is 4.90 Å². The van der Waals surface area contributed by atoms with Crippen LogP contribution in [0.1, 0.15) is 29.5 Å². The zero-order chi connectivity index (χ0) is 38.5. The Hall–Kier alpha value is -5.87. The minimum Gasteiger partial charge on any atom is -0.314 e. The Balaban J connectivity index is 1.08. The highest BCUT2D eigenvalue weighted by atomic mass is 32.3. The Morgan fingerprint density at radius 1 is 0.632 bits per heavy atom. The van der Waals surface area contributed by atoms with Crippen LogP contribution < -0.4 is 4.90 Å². The Bertz CT molecular complexity index is 3170. The van der Waals surface area contributed by atoms with Crippen molar-refractivity contribution < 1.29 is 0 Å². The summed E-state index contributed by atoms with van der Waals surface area (Å²) in [5.74, 6) is 0. The van der Waals surface area contributed by atoms with E-state index in [0.29, 0.717) is 0 Å². The van der Waals surface area contributed by atoms with Crippen LogP contribution >= 0.6 is 20.5 Å². The summed E-state index contributed by atoms with van der Waals surface area (Å²) in [4.78, 5) is 5.59. The highest BCUT2D eigenvalue weighted by Gasteiger charge is 2.42. The zero-order valence-corrected chi connectivity index (χ0v) is 34.4. The summed E-state index contributed by atoms with van der Waals surface area (Å²) >= 11 is 1.90. The summed E-state index contributed by atoms with van der Waals surface area (Å²) in [6, 6.07) is 49.9. The molecule has 0 radical (unpaired) electrons. The SMILES string of the molecule is C=C1/C=C\C(N(C2=CC=C(c3ccc4ccccc4c3)CC2)c2cccc3c2-c2ccccc2[SH]3(C)(C)C)=C/Cc2ccc3sc4c5ccccc5ccc4c3c21. The van der Waals surface area contributed by atoms with Crippen LogP contribution in [-0.4, -0.2) is 18.8 Å². The average Bonchev–Trinajstić information content (AvgIpc) is 3.71. The Labute approximate surface area is 339 Å². The van der Waals surface area contributed by atoms with E-state index < -0.39 is 9.16 Å². The molecule has 1 aliphatic heterocycles. The largest absolute Gasteiger partial charge is 0.314 e. The Kier molecular flexibility index (Phi) is 7.58. The molecule has 0 saturated heterocycles. The molecule has 0 bridgehead atoms. The van der Waals surface area contributed by atoms with Crippen molar-refractivity contribution in [3.05, 3.63) is 199 Å². The zero-order valence-electron chi connectivity index (χ0n) is 32.7. The van der Waals surface area contributed by atoms with Crippen molar-refractivity contribution in [3.8, 4) is 11.1 Å². The third kappa shape index (κ3) is 5.29. The van der Waals surface area contributed by atoms with Gasteiger partial charge in [-0.05, 0) is 133 Å². The maximum absolute atomic E-state index is 4.77. The van der Waals surface area contributed by atoms with Crippen LogP contribution in [0.5, 0.6) is 0 Å². The number of hydrogen-bond acceptors (Lipinski definition) is 2. The van der Waals surface area contributed by atoms with Crippen molar-refractivity contribution in [1.82, 2.24) is 0 Å². The summed E-state index contributed by atoms with van der Waals surface area (Å²) in [6.45, 7) is 4.77. The van der Waals surface area contributed by atoms with Gasteiger partial charge in [0.05, 0.1) is 5.69 Å². The van der Waals surface area contributed by atoms with Gasteiger partial charge in [0, 0.05) is 37.1 Å². The van der Waals surface area contributed by atoms with E-state index in [2.05, 4.69) is 188 Å². The van der Waals surface area contributed by atoms with Gasteiger partial charge in [0.2, 0.25) is 0 Å². The van der Waals surface area contributed by atoms with Gasteiger partial charge in [-0.2, -0.15) is 0 Å². The summed E-state index contributed by atoms with van der Waals surface area (Å²) in [5, 5.41) is 7.84. The van der Waals surface area contributed by atoms with Crippen molar-refractivity contribution in [1.29, 1.82) is 0 Å². The fourth-order valence-corrected chi connectivity index (χ4v) is 14.7. The first-order valence-electron chi connectivity index (χ1n) is 20.1. The number of allylic oxidation sites excluding steroid dienone is 8. The van der Waals surface area contributed by atoms with Gasteiger partial charge in [0.15, 0.2) is 0 Å². The van der Waals surface area contributed by atoms with Gasteiger partial charge in [-0.25, -0.2) is 9.16 Å². The molecule has 57 heavy (non-hydrogen) atoms. The second-order valence-corrected chi connectivity index (χ2v) is 24.8. The molecule has 0 unspecified atom stereocenters. The molecule has 2 heterocycles. The van der Waals surface area contributed by atoms with Crippen LogP contribution in [0.15, 0.2) is 192 Å². The van der Waals surface area contributed by atoms with Crippen LogP contribution in [0, 0.1) is 0 Å². The molecule has 8 aromatic rings. The first-order chi connectivity index (χ1) is 27.7. The van der Waals surface area contributed by atoms with Gasteiger partial charge in [-0.3, -0.25) is 0 Å². The number of thiol groups is 1. The van der Waals surface area contributed by atoms with Crippen LogP contribution in [0.3, 0.4) is 0 Å². The third-order valence-electron chi connectivity index (χ3n) is 12.8. The lowest BCUT2D eigenvalue weighted by molar-refractivity contribution is 0.908. The lowest BCUT2D eigenvalue weighted by atomic mass is 9.90. The van der Waals surface area contributed by atoms with Gasteiger partial charge in [-0.1, -0.05) is 140 Å². The summed E-state index contributed by atoms with van der Waals surface area (Å²) in [6.07, 6.45) is 22.1. The lowest BCUT2D eigenvalue weighted by Gasteiger charge is -2.50. The van der Waals surface area contributed by atoms with E-state index in [1.165, 1.54) is 102 Å². The fourth-order valence-electron chi connectivity index (χ4n) is 9.94. The van der Waals surface area contributed by atoms with E-state index >= 15 is 0 Å². The molecule has 7 aromatic carbocycles. The van der Waals surface area contributed by atoms with E-state index in [1.807, 2.05) is 11.3 Å². The third-order valence-corrected chi connectivity index (χ3v) is 18.2. The Morgan fingerprint density at radius 2 is 1.40 bits per heavy atom. The minimum absolute atomic E-state index is 0.817. The molecule has 0 atom stereocenters. The molecular formula is C54H45NS2. The molecule has 0 N–H and O–H groups in total. The van der Waals surface area contributed by atoms with Crippen molar-refractivity contribution in [2.45, 2.75) is 29.1 Å². The molecule has 1 aromatic heterocycles. The van der Waals surface area contributed by atoms with E-state index in [1.54, 1.807) is 0 Å². The molecule has 278 valence electrons. The van der Waals surface area contributed by atoms with Gasteiger partial charge in [0.1, 0.15) is 0 Å². The standard InChI is InChI=1S/C54H45NS2/c1-35-20-28-42(31-25-39-27-33-48-53(51(35)39)46-32-26-38-13-7-8-15-44(38)54(46)56-48)55(43-29-23-37(24-30-43)41-22-21-36-12-5-6-14-40(36)34-41)47-17-11-19-50-52(47)45-16-9-10-18-49(45)57(50,2,3)4/h5-23,26-29,31-34,57H,1,24-25,30H2,2-4H3/b28-20-,42-31+. The molecule has 0 fully saturated rings. The molecule has 0 saturated carbocycles. The molecule has 0 spiro atoms. The molecule has 3 aliphatic rings. The van der Waals surface area contributed by atoms with E-state index in [0.717, 1.165) is 24.8 Å². The summed E-state index contributed by atoms with van der Waals surface area (Å²) < 4.78 is 2.68. The van der Waals surface area contributed by atoms with E-state index in [-0.39, 0.29) is 0 Å². The number of nitrogens with zero attached hydrogens (tertiary/aromatic N) is 1. The number of anilines is 1. The summed E-state index contributed by atoms with van der Waals surface area (Å²) in [5.41, 5.74) is 12.9. The number of thiophene rings is 1. The van der Waals surface area contributed by atoms with Crippen LogP contribution in [0.2, 0.25) is 0 Å². The number of hydrogen-bond donors (Lipinski definition) is 1. The molecule has 0 amide bonds. The topological polar surface area (TPSA) is 3.24 Å². The quantitative estimate of drug-likeness (QED) is 0.174. The van der Waals surface area contributed by atoms with Crippen molar-refractivity contribution in [3.63, 3.8) is 0 Å². The average molecular weight is 772 g/mol. The molecule has 3 heteroatoms. The van der Waals surface area contributed by atoms with E-state index in [4.69, 9.17) is 6.58 Å². The van der Waals surface area contributed by atoms with Crippen LogP contribution in [0.25, 0.3) is 64.0 Å². The minimum atomic E-state index is -2.38. The first-order valence-corrected chi connectivity index (χ1v) is 24.5. The monoisotopic (exact) mass is 771 g/mol. The smallest absolute Gasteiger partial charge is 0.0547 e. The van der Waals surface area contributed by atoms with Crippen LogP contribution in [0.4, 0.5) is 5.69 Å². The number of rotatable bonds is 4. The van der Waals surface area contributed by atoms with Crippen molar-refractivity contribution in [2.24, 2.45) is 0 Å². The van der Waals surface area contributed by atoms with Gasteiger partial charge in [-0.15, -0.1) is 11.3 Å². The number of benzene rings is 7. The normalized spacial score (nSPS) is 19.0. The second kappa shape index (κ2) is 12.6. The maximum atomic E-state index is 4.77. The fraction of sp³-hybridized carbons (Fsp3) is 0.111. The molecule has 2 aliphatic carbocycles. The summed E-state index contributed by atoms with van der Waals surface area (Å²) in [7, 11) is -2.38. The maximum Gasteiger partial charge on any atom is 0.0547 e.